The van der Waals surface area contributed by atoms with Gasteiger partial charge in [-0.05, 0) is 50.4 Å². The second-order valence-corrected chi connectivity index (χ2v) is 14.7. The van der Waals surface area contributed by atoms with Crippen molar-refractivity contribution < 1.29 is 22.1 Å². The molecule has 2 fully saturated rings. The minimum Gasteiger partial charge on any atom is -0.462 e. The van der Waals surface area contributed by atoms with E-state index in [1.807, 2.05) is 18.2 Å². The highest BCUT2D eigenvalue weighted by molar-refractivity contribution is 7.86. The number of carbonyl (C=O) groups is 1. The summed E-state index contributed by atoms with van der Waals surface area (Å²) < 4.78 is 34.1. The van der Waals surface area contributed by atoms with E-state index in [9.17, 15) is 18.5 Å². The summed E-state index contributed by atoms with van der Waals surface area (Å²) in [5.74, 6) is 0.317. The van der Waals surface area contributed by atoms with E-state index in [-0.39, 0.29) is 18.0 Å². The first kappa shape index (κ1) is 33.9. The van der Waals surface area contributed by atoms with Crippen LogP contribution in [-0.4, -0.2) is 105 Å². The first-order valence-corrected chi connectivity index (χ1v) is 18.3. The number of fused-ring (bicyclic) bond motifs is 2. The van der Waals surface area contributed by atoms with Crippen molar-refractivity contribution in [3.63, 3.8) is 0 Å². The average molecular weight is 694 g/mol. The molecule has 2 atom stereocenters. The molecule has 3 aromatic rings. The van der Waals surface area contributed by atoms with Crippen molar-refractivity contribution >= 4 is 49.9 Å². The van der Waals surface area contributed by atoms with Gasteiger partial charge >= 0.3 is 6.01 Å². The number of nitrogens with zero attached hydrogens (tertiary/aromatic N) is 7. The summed E-state index contributed by atoms with van der Waals surface area (Å²) >= 11 is 6.71. The second kappa shape index (κ2) is 14.3. The van der Waals surface area contributed by atoms with Gasteiger partial charge < -0.3 is 24.3 Å². The van der Waals surface area contributed by atoms with Crippen molar-refractivity contribution in [1.29, 1.82) is 5.26 Å². The number of carbonyl (C=O) groups excluding carboxylic acids is 1. The van der Waals surface area contributed by atoms with Gasteiger partial charge in [0.05, 0.1) is 48.7 Å². The highest BCUT2D eigenvalue weighted by Gasteiger charge is 2.35. The molecule has 0 unspecified atom stereocenters. The van der Waals surface area contributed by atoms with Gasteiger partial charge in [-0.1, -0.05) is 42.4 Å². The summed E-state index contributed by atoms with van der Waals surface area (Å²) in [5, 5.41) is 12.5. The number of nitriles is 1. The molecule has 4 heterocycles. The Bertz CT molecular complexity index is 1860. The molecule has 48 heavy (non-hydrogen) atoms. The highest BCUT2D eigenvalue weighted by atomic mass is 35.5. The average Bonchev–Trinajstić information content (AvgIpc) is 3.49. The molecule has 1 aromatic heterocycles. The van der Waals surface area contributed by atoms with Gasteiger partial charge in [-0.15, -0.1) is 0 Å². The summed E-state index contributed by atoms with van der Waals surface area (Å²) in [6, 6.07) is 14.5. The molecule has 6 rings (SSSR count). The maximum absolute atomic E-state index is 13.3. The van der Waals surface area contributed by atoms with Crippen molar-refractivity contribution in [2.75, 3.05) is 69.0 Å². The molecule has 2 aromatic carbocycles. The molecule has 12 nitrogen and oxygen atoms in total. The number of benzene rings is 2. The lowest BCUT2D eigenvalue weighted by atomic mass is 10.0. The van der Waals surface area contributed by atoms with Crippen molar-refractivity contribution in [2.45, 2.75) is 44.3 Å². The number of hydrogen-bond acceptors (Lipinski definition) is 11. The van der Waals surface area contributed by atoms with E-state index in [0.717, 1.165) is 65.7 Å². The molecule has 3 aliphatic heterocycles. The largest absolute Gasteiger partial charge is 0.462 e. The Morgan fingerprint density at radius 1 is 1.10 bits per heavy atom. The van der Waals surface area contributed by atoms with E-state index in [0.29, 0.717) is 50.2 Å². The number of rotatable bonds is 10. The zero-order valence-corrected chi connectivity index (χ0v) is 28.8. The van der Waals surface area contributed by atoms with Crippen LogP contribution in [0.4, 0.5) is 11.5 Å². The van der Waals surface area contributed by atoms with E-state index >= 15 is 0 Å². The lowest BCUT2D eigenvalue weighted by Gasteiger charge is -2.42. The van der Waals surface area contributed by atoms with Gasteiger partial charge in [-0.25, -0.2) is 0 Å². The molecule has 0 N–H and O–H groups in total. The molecule has 0 spiro atoms. The van der Waals surface area contributed by atoms with Crippen LogP contribution in [0.25, 0.3) is 10.8 Å². The summed E-state index contributed by atoms with van der Waals surface area (Å²) in [4.78, 5) is 31.5. The Balaban J connectivity index is 1.29. The Labute approximate surface area is 286 Å². The summed E-state index contributed by atoms with van der Waals surface area (Å²) in [6.07, 6.45) is 3.86. The zero-order valence-electron chi connectivity index (χ0n) is 27.3. The van der Waals surface area contributed by atoms with Crippen LogP contribution in [0, 0.1) is 11.3 Å². The number of likely N-dealkylation sites (tertiary alicyclic amines) is 1. The van der Waals surface area contributed by atoms with Crippen LogP contribution >= 0.6 is 11.6 Å². The summed E-state index contributed by atoms with van der Waals surface area (Å²) in [6.45, 7) is 7.19. The lowest BCUT2D eigenvalue weighted by Crippen LogP contribution is -2.56. The molecular formula is C34H40ClN7O5S. The summed E-state index contributed by atoms with van der Waals surface area (Å²) in [5.41, 5.74) is 2.94. The molecule has 0 radical (unpaired) electrons. The molecule has 254 valence electrons. The number of anilines is 2. The number of hydrogen-bond donors (Lipinski definition) is 0. The van der Waals surface area contributed by atoms with E-state index in [1.165, 1.54) is 0 Å². The Hall–Kier alpha value is -3.96. The fourth-order valence-electron chi connectivity index (χ4n) is 6.86. The number of halogens is 1. The molecule has 14 heteroatoms. The predicted molar refractivity (Wildman–Crippen MR) is 185 cm³/mol. The third-order valence-electron chi connectivity index (χ3n) is 9.39. The number of likely N-dealkylation sites (N-methyl/N-ethyl adjacent to an activating group) is 1. The smallest absolute Gasteiger partial charge is 0.318 e. The Kier molecular flexibility index (Phi) is 10.1. The number of amides is 1. The van der Waals surface area contributed by atoms with Gasteiger partial charge in [0.25, 0.3) is 16.0 Å². The molecule has 0 aliphatic carbocycles. The van der Waals surface area contributed by atoms with Crippen molar-refractivity contribution in [1.82, 2.24) is 19.8 Å². The van der Waals surface area contributed by atoms with Crippen molar-refractivity contribution in [3.8, 4) is 12.1 Å². The third-order valence-corrected chi connectivity index (χ3v) is 10.3. The van der Waals surface area contributed by atoms with Crippen LogP contribution in [0.15, 0.2) is 48.6 Å². The fraction of sp³-hybridized carbons (Fsp3) is 0.471. The van der Waals surface area contributed by atoms with Crippen LogP contribution < -0.4 is 14.5 Å². The van der Waals surface area contributed by atoms with E-state index in [2.05, 4.69) is 52.6 Å². The van der Waals surface area contributed by atoms with Crippen molar-refractivity contribution in [2.24, 2.45) is 0 Å². The molecule has 1 amide bonds. The second-order valence-electron chi connectivity index (χ2n) is 12.7. The molecule has 0 bridgehead atoms. The van der Waals surface area contributed by atoms with Gasteiger partial charge in [0.2, 0.25) is 0 Å². The fourth-order valence-corrected chi connectivity index (χ4v) is 7.49. The van der Waals surface area contributed by atoms with Crippen LogP contribution in [0.2, 0.25) is 5.02 Å². The minimum absolute atomic E-state index is 0.0115. The van der Waals surface area contributed by atoms with Crippen molar-refractivity contribution in [3.05, 3.63) is 64.8 Å². The van der Waals surface area contributed by atoms with Crippen LogP contribution in [0.3, 0.4) is 0 Å². The predicted octanol–water partition coefficient (Wildman–Crippen LogP) is 3.78. The first-order valence-electron chi connectivity index (χ1n) is 16.1. The molecule has 2 saturated heterocycles. The molecular weight excluding hydrogens is 654 g/mol. The van der Waals surface area contributed by atoms with Gasteiger partial charge in [-0.3, -0.25) is 8.98 Å². The van der Waals surface area contributed by atoms with Gasteiger partial charge in [0.15, 0.2) is 0 Å². The van der Waals surface area contributed by atoms with E-state index in [4.69, 9.17) is 30.5 Å². The van der Waals surface area contributed by atoms with E-state index in [1.54, 1.807) is 4.90 Å². The quantitative estimate of drug-likeness (QED) is 0.227. The number of ether oxygens (including phenoxy) is 1. The van der Waals surface area contributed by atoms with Crippen LogP contribution in [0.5, 0.6) is 6.01 Å². The topological polar surface area (TPSA) is 132 Å². The minimum atomic E-state index is -3.74. The Morgan fingerprint density at radius 3 is 2.62 bits per heavy atom. The lowest BCUT2D eigenvalue weighted by molar-refractivity contribution is -0.130. The standard InChI is InChI=1S/C34H40ClN7O5S/c1-23(21-47-48(3,44)45)33(43)42-18-17-41(19-25(42)12-14-36)32-27-13-16-40(30-11-5-8-24-7-4-10-28(35)31(24)30)20-29(27)37-34(38-32)46-22-26-9-6-15-39(26)2/h4-5,7-8,10-11,25-26H,1,6,9,12-13,15-22H2,2-3H3/t25-,26-/m0/s1. The SMILES string of the molecule is C=C(COS(C)(=O)=O)C(=O)N1CCN(c2nc(OC[C@@H]3CCCN3C)nc3c2CCN(c2cccc4cccc(Cl)c24)C3)C[C@@H]1CC#N. The summed E-state index contributed by atoms with van der Waals surface area (Å²) in [7, 11) is -1.64. The van der Waals surface area contributed by atoms with Crippen LogP contribution in [-0.2, 0) is 32.1 Å². The highest BCUT2D eigenvalue weighted by Crippen LogP contribution is 2.37. The monoisotopic (exact) mass is 693 g/mol. The number of aromatic nitrogens is 2. The van der Waals surface area contributed by atoms with Crippen LogP contribution in [0.1, 0.15) is 30.5 Å². The number of piperazine rings is 1. The molecule has 0 saturated carbocycles. The van der Waals surface area contributed by atoms with E-state index < -0.39 is 28.7 Å². The zero-order chi connectivity index (χ0) is 34.0. The third kappa shape index (κ3) is 7.37. The maximum atomic E-state index is 13.3. The molecule has 3 aliphatic rings. The Morgan fingerprint density at radius 2 is 1.90 bits per heavy atom. The van der Waals surface area contributed by atoms with Gasteiger partial charge in [-0.2, -0.15) is 23.6 Å². The first-order chi connectivity index (χ1) is 23.0. The normalized spacial score (nSPS) is 20.1. The van der Waals surface area contributed by atoms with Gasteiger partial charge in [0, 0.05) is 54.4 Å². The van der Waals surface area contributed by atoms with Gasteiger partial charge in [0.1, 0.15) is 12.4 Å². The maximum Gasteiger partial charge on any atom is 0.318 e.